The number of para-hydroxylation sites is 2. The fourth-order valence-electron chi connectivity index (χ4n) is 10.6. The number of furan rings is 1. The minimum absolute atomic E-state index is 0.134. The number of nitrogens with zero attached hydrogens (tertiary/aromatic N) is 1. The van der Waals surface area contributed by atoms with Crippen molar-refractivity contribution in [3.63, 3.8) is 0 Å². The predicted octanol–water partition coefficient (Wildman–Crippen LogP) is 16.2. The smallest absolute Gasteiger partial charge is 0.143 e. The van der Waals surface area contributed by atoms with Crippen molar-refractivity contribution in [3.05, 3.63) is 210 Å². The maximum atomic E-state index is 6.58. The van der Waals surface area contributed by atoms with Gasteiger partial charge >= 0.3 is 0 Å². The van der Waals surface area contributed by atoms with E-state index in [9.17, 15) is 0 Å². The first-order valence-corrected chi connectivity index (χ1v) is 21.1. The molecular weight excluding hydrogens is 727 g/mol. The normalized spacial score (nSPS) is 14.3. The summed E-state index contributed by atoms with van der Waals surface area (Å²) in [6.45, 7) is 9.52. The van der Waals surface area contributed by atoms with Gasteiger partial charge in [-0.25, -0.2) is 0 Å². The van der Waals surface area contributed by atoms with Crippen LogP contribution in [-0.4, -0.2) is 0 Å². The Balaban J connectivity index is 1.10. The molecule has 2 nitrogen and oxygen atoms in total. The molecule has 0 radical (unpaired) electrons. The lowest BCUT2D eigenvalue weighted by Crippen LogP contribution is -2.25. The van der Waals surface area contributed by atoms with E-state index in [0.29, 0.717) is 0 Å². The van der Waals surface area contributed by atoms with E-state index in [1.54, 1.807) is 0 Å². The lowest BCUT2D eigenvalue weighted by atomic mass is 9.67. The number of fused-ring (bicyclic) bond motifs is 8. The second-order valence-corrected chi connectivity index (χ2v) is 17.7. The van der Waals surface area contributed by atoms with Crippen molar-refractivity contribution in [3.8, 4) is 44.5 Å². The van der Waals surface area contributed by atoms with Crippen LogP contribution in [0, 0.1) is 0 Å². The minimum Gasteiger partial charge on any atom is -0.455 e. The Morgan fingerprint density at radius 1 is 0.400 bits per heavy atom. The Morgan fingerprint density at radius 3 is 1.88 bits per heavy atom. The van der Waals surface area contributed by atoms with Gasteiger partial charge in [-0.05, 0) is 109 Å². The van der Waals surface area contributed by atoms with Gasteiger partial charge in [0, 0.05) is 44.1 Å². The van der Waals surface area contributed by atoms with E-state index in [1.807, 2.05) is 6.07 Å². The standard InChI is InChI=1S/C58H43NO/c1-57(2)48-21-10-8-17-43(48)44-32-30-41(35-51(44)57)59(40-28-24-37(25-29-40)36-14-6-5-7-15-36)52-33-27-38-16-12-22-49-54(38)55(52)47-31-26-39(34-50(47)58(49,3)4)42-19-13-20-46-45-18-9-11-23-53(45)60-56(42)46/h5-35H,1-4H3. The van der Waals surface area contributed by atoms with Crippen LogP contribution in [0.3, 0.4) is 0 Å². The number of anilines is 3. The first-order chi connectivity index (χ1) is 29.3. The zero-order valence-electron chi connectivity index (χ0n) is 34.3. The zero-order chi connectivity index (χ0) is 40.3. The SMILES string of the molecule is CC1(C)c2ccccc2-c2ccc(N(c3ccc(-c4ccccc4)cc3)c3ccc4cccc5c4c3-c3ccc(-c4cccc6c4oc4ccccc46)cc3C5(C)C)cc21. The molecule has 0 aliphatic heterocycles. The van der Waals surface area contributed by atoms with Gasteiger partial charge in [0.2, 0.25) is 0 Å². The molecule has 0 unspecified atom stereocenters. The Kier molecular flexibility index (Phi) is 7.36. The first-order valence-electron chi connectivity index (χ1n) is 21.1. The summed E-state index contributed by atoms with van der Waals surface area (Å²) in [4.78, 5) is 2.50. The second kappa shape index (κ2) is 12.7. The van der Waals surface area contributed by atoms with Crippen LogP contribution in [0.25, 0.3) is 77.2 Å². The minimum atomic E-state index is -0.260. The fraction of sp³-hybridized carbons (Fsp3) is 0.103. The number of rotatable bonds is 5. The molecular formula is C58H43NO. The van der Waals surface area contributed by atoms with Crippen LogP contribution in [-0.2, 0) is 10.8 Å². The fourth-order valence-corrected chi connectivity index (χ4v) is 10.6. The molecule has 0 bridgehead atoms. The molecule has 2 aliphatic rings. The van der Waals surface area contributed by atoms with Crippen molar-refractivity contribution in [2.45, 2.75) is 38.5 Å². The number of hydrogen-bond acceptors (Lipinski definition) is 2. The molecule has 0 atom stereocenters. The average Bonchev–Trinajstić information content (AvgIpc) is 3.78. The molecule has 9 aromatic carbocycles. The first kappa shape index (κ1) is 34.8. The van der Waals surface area contributed by atoms with E-state index in [1.165, 1.54) is 72.1 Å². The van der Waals surface area contributed by atoms with Crippen LogP contribution in [0.2, 0.25) is 0 Å². The van der Waals surface area contributed by atoms with Gasteiger partial charge in [0.1, 0.15) is 11.2 Å². The zero-order valence-corrected chi connectivity index (χ0v) is 34.3. The van der Waals surface area contributed by atoms with Gasteiger partial charge in [0.25, 0.3) is 0 Å². The molecule has 1 aromatic heterocycles. The van der Waals surface area contributed by atoms with Gasteiger partial charge in [0.15, 0.2) is 0 Å². The van der Waals surface area contributed by atoms with Crippen LogP contribution < -0.4 is 4.90 Å². The molecule has 2 aliphatic carbocycles. The van der Waals surface area contributed by atoms with Crippen LogP contribution in [0.1, 0.15) is 49.9 Å². The van der Waals surface area contributed by atoms with Crippen molar-refractivity contribution >= 4 is 49.8 Å². The highest BCUT2D eigenvalue weighted by Crippen LogP contribution is 2.56. The van der Waals surface area contributed by atoms with Crippen molar-refractivity contribution in [2.24, 2.45) is 0 Å². The average molecular weight is 770 g/mol. The summed E-state index contributed by atoms with van der Waals surface area (Å²) in [5.74, 6) is 0. The highest BCUT2D eigenvalue weighted by atomic mass is 16.3. The molecule has 2 heteroatoms. The van der Waals surface area contributed by atoms with Crippen LogP contribution in [0.4, 0.5) is 17.1 Å². The van der Waals surface area contributed by atoms with E-state index in [0.717, 1.165) is 44.4 Å². The van der Waals surface area contributed by atoms with Crippen LogP contribution in [0.5, 0.6) is 0 Å². The Bertz CT molecular complexity index is 3370. The summed E-state index contributed by atoms with van der Waals surface area (Å²) in [6, 6.07) is 69.4. The molecule has 12 rings (SSSR count). The third-order valence-electron chi connectivity index (χ3n) is 13.7. The van der Waals surface area contributed by atoms with E-state index >= 15 is 0 Å². The lowest BCUT2D eigenvalue weighted by Gasteiger charge is -2.38. The van der Waals surface area contributed by atoms with Gasteiger partial charge in [-0.15, -0.1) is 0 Å². The van der Waals surface area contributed by atoms with Gasteiger partial charge in [-0.3, -0.25) is 0 Å². The summed E-state index contributed by atoms with van der Waals surface area (Å²) in [6.07, 6.45) is 0. The monoisotopic (exact) mass is 769 g/mol. The number of hydrogen-bond donors (Lipinski definition) is 0. The summed E-state index contributed by atoms with van der Waals surface area (Å²) < 4.78 is 6.58. The maximum Gasteiger partial charge on any atom is 0.143 e. The second-order valence-electron chi connectivity index (χ2n) is 17.7. The third-order valence-corrected chi connectivity index (χ3v) is 13.7. The molecule has 1 heterocycles. The largest absolute Gasteiger partial charge is 0.455 e. The molecule has 60 heavy (non-hydrogen) atoms. The molecule has 0 saturated heterocycles. The summed E-state index contributed by atoms with van der Waals surface area (Å²) >= 11 is 0. The highest BCUT2D eigenvalue weighted by molar-refractivity contribution is 6.12. The van der Waals surface area contributed by atoms with E-state index in [2.05, 4.69) is 215 Å². The highest BCUT2D eigenvalue weighted by Gasteiger charge is 2.38. The van der Waals surface area contributed by atoms with E-state index < -0.39 is 0 Å². The van der Waals surface area contributed by atoms with Crippen LogP contribution in [0.15, 0.2) is 192 Å². The van der Waals surface area contributed by atoms with Gasteiger partial charge in [-0.1, -0.05) is 173 Å². The summed E-state index contributed by atoms with van der Waals surface area (Å²) in [5, 5.41) is 4.87. The quantitative estimate of drug-likeness (QED) is 0.173. The summed E-state index contributed by atoms with van der Waals surface area (Å²) in [5.41, 5.74) is 20.1. The van der Waals surface area contributed by atoms with Gasteiger partial charge in [-0.2, -0.15) is 0 Å². The maximum absolute atomic E-state index is 6.58. The Hall–Kier alpha value is -7.16. The van der Waals surface area contributed by atoms with Gasteiger partial charge in [0.05, 0.1) is 5.69 Å². The molecule has 10 aromatic rings. The molecule has 0 amide bonds. The van der Waals surface area contributed by atoms with E-state index in [-0.39, 0.29) is 10.8 Å². The van der Waals surface area contributed by atoms with Crippen LogP contribution >= 0.6 is 0 Å². The van der Waals surface area contributed by atoms with Crippen molar-refractivity contribution in [2.75, 3.05) is 4.90 Å². The van der Waals surface area contributed by atoms with Crippen molar-refractivity contribution < 1.29 is 4.42 Å². The topological polar surface area (TPSA) is 16.4 Å². The van der Waals surface area contributed by atoms with Crippen molar-refractivity contribution in [1.82, 2.24) is 0 Å². The van der Waals surface area contributed by atoms with Gasteiger partial charge < -0.3 is 9.32 Å². The predicted molar refractivity (Wildman–Crippen MR) is 252 cm³/mol. The van der Waals surface area contributed by atoms with E-state index in [4.69, 9.17) is 4.42 Å². The lowest BCUT2D eigenvalue weighted by molar-refractivity contribution is 0.645. The third kappa shape index (κ3) is 4.94. The molecule has 0 saturated carbocycles. The Labute approximate surface area is 351 Å². The molecule has 0 spiro atoms. The Morgan fingerprint density at radius 2 is 1.02 bits per heavy atom. The van der Waals surface area contributed by atoms with Crippen molar-refractivity contribution in [1.29, 1.82) is 0 Å². The molecule has 0 N–H and O–H groups in total. The molecule has 0 fully saturated rings. The summed E-state index contributed by atoms with van der Waals surface area (Å²) in [7, 11) is 0. The number of benzene rings is 9. The molecule has 286 valence electrons.